The molecule has 17 heavy (non-hydrogen) atoms. The highest BCUT2D eigenvalue weighted by Gasteiger charge is 2.38. The quantitative estimate of drug-likeness (QED) is 0.813. The molecule has 1 aliphatic rings. The van der Waals surface area contributed by atoms with Crippen molar-refractivity contribution in [1.82, 2.24) is 10.2 Å². The molecule has 1 aliphatic heterocycles. The molecule has 1 heterocycles. The van der Waals surface area contributed by atoms with Crippen molar-refractivity contribution in [2.45, 2.75) is 65.0 Å². The average Bonchev–Trinajstić information content (AvgIpc) is 2.35. The van der Waals surface area contributed by atoms with Crippen molar-refractivity contribution in [1.29, 1.82) is 0 Å². The minimum atomic E-state index is -0.769. The maximum Gasteiger partial charge on any atom is 0.248 e. The number of rotatable bonds is 4. The minimum Gasteiger partial charge on any atom is -0.342 e. The monoisotopic (exact) mass is 240 g/mol. The summed E-state index contributed by atoms with van der Waals surface area (Å²) in [4.78, 5) is 25.9. The zero-order valence-electron chi connectivity index (χ0n) is 11.4. The predicted octanol–water partition coefficient (Wildman–Crippen LogP) is 1.69. The second-order valence-corrected chi connectivity index (χ2v) is 5.27. The van der Waals surface area contributed by atoms with Crippen LogP contribution < -0.4 is 5.32 Å². The summed E-state index contributed by atoms with van der Waals surface area (Å²) in [6.07, 6.45) is 3.43. The molecule has 0 aromatic carbocycles. The Balaban J connectivity index is 2.89. The van der Waals surface area contributed by atoms with Crippen LogP contribution in [0.1, 0.15) is 53.4 Å². The maximum atomic E-state index is 12.4. The smallest absolute Gasteiger partial charge is 0.248 e. The molecule has 0 aromatic heterocycles. The number of hydrogen-bond acceptors (Lipinski definition) is 2. The van der Waals surface area contributed by atoms with Crippen molar-refractivity contribution in [2.24, 2.45) is 0 Å². The highest BCUT2D eigenvalue weighted by Crippen LogP contribution is 2.19. The molecule has 1 atom stereocenters. The van der Waals surface area contributed by atoms with Crippen LogP contribution in [0.5, 0.6) is 0 Å². The van der Waals surface area contributed by atoms with E-state index in [9.17, 15) is 9.59 Å². The molecule has 0 radical (unpaired) electrons. The van der Waals surface area contributed by atoms with Crippen LogP contribution in [-0.2, 0) is 9.59 Å². The summed E-state index contributed by atoms with van der Waals surface area (Å²) in [5.74, 6) is 0.0147. The van der Waals surface area contributed by atoms with Gasteiger partial charge in [-0.3, -0.25) is 9.59 Å². The minimum absolute atomic E-state index is 0.0304. The summed E-state index contributed by atoms with van der Waals surface area (Å²) in [6.45, 7) is 8.33. The van der Waals surface area contributed by atoms with Gasteiger partial charge in [-0.2, -0.15) is 0 Å². The zero-order valence-corrected chi connectivity index (χ0v) is 11.4. The van der Waals surface area contributed by atoms with Crippen LogP contribution in [0.3, 0.4) is 0 Å². The van der Waals surface area contributed by atoms with Crippen LogP contribution in [0.4, 0.5) is 0 Å². The number of nitrogens with zero attached hydrogens (tertiary/aromatic N) is 1. The van der Waals surface area contributed by atoms with Gasteiger partial charge < -0.3 is 10.2 Å². The first-order valence-corrected chi connectivity index (χ1v) is 6.54. The normalized spacial score (nSPS) is 22.0. The fourth-order valence-corrected chi connectivity index (χ4v) is 2.41. The second kappa shape index (κ2) is 5.52. The molecule has 0 spiro atoms. The zero-order chi connectivity index (χ0) is 13.1. The van der Waals surface area contributed by atoms with Gasteiger partial charge in [0.25, 0.3) is 0 Å². The summed E-state index contributed by atoms with van der Waals surface area (Å²) in [6, 6.07) is 0.263. The van der Waals surface area contributed by atoms with Gasteiger partial charge in [0.15, 0.2) is 0 Å². The summed E-state index contributed by atoms with van der Waals surface area (Å²) in [5, 5.41) is 2.79. The van der Waals surface area contributed by atoms with Crippen molar-refractivity contribution in [3.63, 3.8) is 0 Å². The first-order valence-electron chi connectivity index (χ1n) is 6.54. The van der Waals surface area contributed by atoms with Crippen LogP contribution in [0.15, 0.2) is 0 Å². The Morgan fingerprint density at radius 1 is 1.35 bits per heavy atom. The van der Waals surface area contributed by atoms with Crippen LogP contribution in [0.25, 0.3) is 0 Å². The number of hydrogen-bond donors (Lipinski definition) is 1. The molecule has 0 saturated carbocycles. The second-order valence-electron chi connectivity index (χ2n) is 5.27. The molecule has 1 unspecified atom stereocenters. The molecule has 4 nitrogen and oxygen atoms in total. The molecular formula is C13H24N2O2. The third-order valence-corrected chi connectivity index (χ3v) is 3.36. The molecule has 1 N–H and O–H groups in total. The Bertz CT molecular complexity index is 300. The summed E-state index contributed by atoms with van der Waals surface area (Å²) in [7, 11) is 0. The van der Waals surface area contributed by atoms with Gasteiger partial charge in [0.1, 0.15) is 5.54 Å². The fourth-order valence-electron chi connectivity index (χ4n) is 2.41. The van der Waals surface area contributed by atoms with E-state index in [0.717, 1.165) is 19.3 Å². The van der Waals surface area contributed by atoms with Gasteiger partial charge in [-0.25, -0.2) is 0 Å². The lowest BCUT2D eigenvalue weighted by Gasteiger charge is -2.34. The Labute approximate surface area is 104 Å². The lowest BCUT2D eigenvalue weighted by Crippen LogP contribution is -2.55. The van der Waals surface area contributed by atoms with Gasteiger partial charge in [0.05, 0.1) is 0 Å². The molecule has 0 aliphatic carbocycles. The van der Waals surface area contributed by atoms with Crippen molar-refractivity contribution in [2.75, 3.05) is 6.54 Å². The Kier molecular flexibility index (Phi) is 4.54. The van der Waals surface area contributed by atoms with Gasteiger partial charge in [0.2, 0.25) is 11.8 Å². The van der Waals surface area contributed by atoms with Crippen molar-refractivity contribution in [3.8, 4) is 0 Å². The highest BCUT2D eigenvalue weighted by atomic mass is 16.2. The summed E-state index contributed by atoms with van der Waals surface area (Å²) < 4.78 is 0. The van der Waals surface area contributed by atoms with E-state index in [-0.39, 0.29) is 17.9 Å². The van der Waals surface area contributed by atoms with Gasteiger partial charge in [0, 0.05) is 19.0 Å². The first kappa shape index (κ1) is 14.0. The van der Waals surface area contributed by atoms with E-state index in [4.69, 9.17) is 0 Å². The molecule has 1 rings (SSSR count). The summed E-state index contributed by atoms with van der Waals surface area (Å²) >= 11 is 0. The Morgan fingerprint density at radius 2 is 2.00 bits per heavy atom. The largest absolute Gasteiger partial charge is 0.342 e. The molecule has 4 heteroatoms. The first-order chi connectivity index (χ1) is 7.92. The van der Waals surface area contributed by atoms with E-state index in [1.165, 1.54) is 0 Å². The highest BCUT2D eigenvalue weighted by molar-refractivity contribution is 5.93. The van der Waals surface area contributed by atoms with Crippen molar-refractivity contribution in [3.05, 3.63) is 0 Å². The van der Waals surface area contributed by atoms with Crippen LogP contribution in [0.2, 0.25) is 0 Å². The third kappa shape index (κ3) is 3.20. The van der Waals surface area contributed by atoms with E-state index in [0.29, 0.717) is 13.0 Å². The predicted molar refractivity (Wildman–Crippen MR) is 67.5 cm³/mol. The molecule has 98 valence electrons. The van der Waals surface area contributed by atoms with Gasteiger partial charge in [-0.1, -0.05) is 20.3 Å². The number of amides is 2. The van der Waals surface area contributed by atoms with Crippen molar-refractivity contribution < 1.29 is 9.59 Å². The molecule has 0 aromatic rings. The van der Waals surface area contributed by atoms with Crippen LogP contribution in [-0.4, -0.2) is 34.8 Å². The molecule has 2 amide bonds. The van der Waals surface area contributed by atoms with E-state index in [1.54, 1.807) is 13.8 Å². The average molecular weight is 240 g/mol. The number of carbonyl (C=O) groups is 2. The van der Waals surface area contributed by atoms with Crippen LogP contribution in [0, 0.1) is 0 Å². The summed E-state index contributed by atoms with van der Waals surface area (Å²) in [5.41, 5.74) is -0.769. The van der Waals surface area contributed by atoms with Gasteiger partial charge in [-0.15, -0.1) is 0 Å². The molecule has 0 bridgehead atoms. The van der Waals surface area contributed by atoms with E-state index >= 15 is 0 Å². The Morgan fingerprint density at radius 3 is 2.53 bits per heavy atom. The third-order valence-electron chi connectivity index (χ3n) is 3.36. The fraction of sp³-hybridized carbons (Fsp3) is 0.846. The number of nitrogens with one attached hydrogen (secondary N) is 1. The van der Waals surface area contributed by atoms with E-state index in [2.05, 4.69) is 19.2 Å². The molecule has 1 fully saturated rings. The SMILES string of the molecule is CCCC(CC)N1CCC(=O)NC(C)(C)C1=O. The van der Waals surface area contributed by atoms with Gasteiger partial charge in [-0.05, 0) is 26.7 Å². The van der Waals surface area contributed by atoms with E-state index < -0.39 is 5.54 Å². The molecule has 1 saturated heterocycles. The Hall–Kier alpha value is -1.06. The molecular weight excluding hydrogens is 216 g/mol. The number of carbonyl (C=O) groups excluding carboxylic acids is 2. The van der Waals surface area contributed by atoms with E-state index in [1.807, 2.05) is 4.90 Å². The van der Waals surface area contributed by atoms with Gasteiger partial charge >= 0.3 is 0 Å². The van der Waals surface area contributed by atoms with Crippen LogP contribution >= 0.6 is 0 Å². The topological polar surface area (TPSA) is 49.4 Å². The standard InChI is InChI=1S/C13H24N2O2/c1-5-7-10(6-2)15-9-8-11(16)14-13(3,4)12(15)17/h10H,5-9H2,1-4H3,(H,14,16). The van der Waals surface area contributed by atoms with Crippen molar-refractivity contribution >= 4 is 11.8 Å². The maximum absolute atomic E-state index is 12.4. The lowest BCUT2D eigenvalue weighted by atomic mass is 10.0. The lowest BCUT2D eigenvalue weighted by molar-refractivity contribution is -0.139.